The van der Waals surface area contributed by atoms with Crippen LogP contribution < -0.4 is 10.6 Å². The highest BCUT2D eigenvalue weighted by Gasteiger charge is 2.28. The standard InChI is InChI=1S/C14H13F3N8O/c1-7(12(26)20-4-14(15,16)17)24-13-23-6-22-11(25-13)9-3-19-10-8(9)2-18-5-21-10/h2-3,5-7H,4H2,1H3,(H,20,26)(H,18,19,21)(H,22,23,24,25)/t7-/m1/s1. The number of carbonyl (C=O) groups excluding carboxylic acids is 1. The fraction of sp³-hybridized carbons (Fsp3) is 0.286. The maximum absolute atomic E-state index is 12.2. The van der Waals surface area contributed by atoms with E-state index >= 15 is 0 Å². The van der Waals surface area contributed by atoms with E-state index in [0.717, 1.165) is 0 Å². The average Bonchev–Trinajstić information content (AvgIpc) is 3.03. The molecule has 0 aliphatic rings. The van der Waals surface area contributed by atoms with Crippen LogP contribution in [0.25, 0.3) is 22.4 Å². The molecule has 0 spiro atoms. The van der Waals surface area contributed by atoms with Crippen molar-refractivity contribution in [2.45, 2.75) is 19.1 Å². The molecule has 1 atom stereocenters. The molecule has 3 aromatic rings. The summed E-state index contributed by atoms with van der Waals surface area (Å²) in [6.45, 7) is -0.00958. The van der Waals surface area contributed by atoms with Gasteiger partial charge in [0.05, 0.1) is 0 Å². The van der Waals surface area contributed by atoms with Crippen LogP contribution in [0.5, 0.6) is 0 Å². The van der Waals surface area contributed by atoms with Gasteiger partial charge in [-0.25, -0.2) is 19.9 Å². The van der Waals surface area contributed by atoms with Gasteiger partial charge in [0.1, 0.15) is 30.9 Å². The second-order valence-electron chi connectivity index (χ2n) is 5.32. The van der Waals surface area contributed by atoms with Gasteiger partial charge in [-0.05, 0) is 6.92 Å². The first-order chi connectivity index (χ1) is 12.3. The third-order valence-corrected chi connectivity index (χ3v) is 3.37. The number of anilines is 1. The highest BCUT2D eigenvalue weighted by molar-refractivity contribution is 5.90. The number of carbonyl (C=O) groups is 1. The van der Waals surface area contributed by atoms with Crippen LogP contribution in [-0.4, -0.2) is 54.6 Å². The molecular formula is C14H13F3N8O. The third kappa shape index (κ3) is 4.02. The molecule has 0 unspecified atom stereocenters. The van der Waals surface area contributed by atoms with Gasteiger partial charge in [0.2, 0.25) is 11.9 Å². The minimum atomic E-state index is -4.48. The Morgan fingerprint density at radius 2 is 2.08 bits per heavy atom. The normalized spacial score (nSPS) is 12.8. The molecule has 0 aromatic carbocycles. The molecule has 0 saturated heterocycles. The fourth-order valence-corrected chi connectivity index (χ4v) is 2.14. The predicted octanol–water partition coefficient (Wildman–Crippen LogP) is 1.29. The van der Waals surface area contributed by atoms with Gasteiger partial charge in [-0.3, -0.25) is 4.79 Å². The first kappa shape index (κ1) is 17.5. The van der Waals surface area contributed by atoms with Crippen LogP contribution in [0.2, 0.25) is 0 Å². The summed E-state index contributed by atoms with van der Waals surface area (Å²) in [5.41, 5.74) is 1.23. The summed E-state index contributed by atoms with van der Waals surface area (Å²) in [7, 11) is 0. The molecule has 136 valence electrons. The van der Waals surface area contributed by atoms with Crippen molar-refractivity contribution in [3.05, 3.63) is 25.0 Å². The predicted molar refractivity (Wildman–Crippen MR) is 84.9 cm³/mol. The molecule has 0 fully saturated rings. The Kier molecular flexibility index (Phi) is 4.65. The Morgan fingerprint density at radius 3 is 2.85 bits per heavy atom. The third-order valence-electron chi connectivity index (χ3n) is 3.37. The van der Waals surface area contributed by atoms with Crippen molar-refractivity contribution in [2.75, 3.05) is 11.9 Å². The molecule has 1 amide bonds. The summed E-state index contributed by atoms with van der Waals surface area (Å²) in [6.07, 6.45) is 1.39. The van der Waals surface area contributed by atoms with E-state index in [9.17, 15) is 18.0 Å². The van der Waals surface area contributed by atoms with Crippen LogP contribution in [0.15, 0.2) is 25.0 Å². The molecule has 0 saturated carbocycles. The highest BCUT2D eigenvalue weighted by Crippen LogP contribution is 2.24. The number of hydrogen-bond donors (Lipinski definition) is 3. The minimum Gasteiger partial charge on any atom is -0.345 e. The quantitative estimate of drug-likeness (QED) is 0.622. The number of amides is 1. The van der Waals surface area contributed by atoms with Crippen molar-refractivity contribution in [3.63, 3.8) is 0 Å². The summed E-state index contributed by atoms with van der Waals surface area (Å²) < 4.78 is 36.5. The Bertz CT molecular complexity index is 926. The van der Waals surface area contributed by atoms with Gasteiger partial charge >= 0.3 is 6.18 Å². The SMILES string of the molecule is C[C@@H](Nc1ncnc(-c2c[nH]c3ncncc23)n1)C(=O)NCC(F)(F)F. The molecule has 3 N–H and O–H groups in total. The second kappa shape index (κ2) is 6.90. The van der Waals surface area contributed by atoms with Crippen LogP contribution in [0.3, 0.4) is 0 Å². The van der Waals surface area contributed by atoms with E-state index in [0.29, 0.717) is 22.4 Å². The van der Waals surface area contributed by atoms with E-state index in [2.05, 4.69) is 35.2 Å². The lowest BCUT2D eigenvalue weighted by atomic mass is 10.2. The first-order valence-corrected chi connectivity index (χ1v) is 7.41. The zero-order chi connectivity index (χ0) is 18.7. The zero-order valence-electron chi connectivity index (χ0n) is 13.4. The van der Waals surface area contributed by atoms with Gasteiger partial charge in [0.25, 0.3) is 0 Å². The lowest BCUT2D eigenvalue weighted by molar-refractivity contribution is -0.138. The van der Waals surface area contributed by atoms with Gasteiger partial charge in [0, 0.05) is 23.3 Å². The van der Waals surface area contributed by atoms with Crippen molar-refractivity contribution in [3.8, 4) is 11.4 Å². The molecule has 26 heavy (non-hydrogen) atoms. The molecular weight excluding hydrogens is 353 g/mol. The topological polar surface area (TPSA) is 121 Å². The van der Waals surface area contributed by atoms with Gasteiger partial charge in [-0.1, -0.05) is 0 Å². The Morgan fingerprint density at radius 1 is 1.27 bits per heavy atom. The number of halogens is 3. The monoisotopic (exact) mass is 366 g/mol. The Balaban J connectivity index is 1.74. The number of hydrogen-bond acceptors (Lipinski definition) is 7. The van der Waals surface area contributed by atoms with Gasteiger partial charge < -0.3 is 15.6 Å². The van der Waals surface area contributed by atoms with E-state index in [1.807, 2.05) is 0 Å². The van der Waals surface area contributed by atoms with Crippen molar-refractivity contribution in [1.82, 2.24) is 35.2 Å². The van der Waals surface area contributed by atoms with Gasteiger partial charge in [0.15, 0.2) is 5.82 Å². The number of aromatic nitrogens is 6. The number of rotatable bonds is 5. The number of H-pyrrole nitrogens is 1. The molecule has 0 aliphatic carbocycles. The van der Waals surface area contributed by atoms with E-state index in [-0.39, 0.29) is 5.95 Å². The number of nitrogens with one attached hydrogen (secondary N) is 3. The number of nitrogens with zero attached hydrogens (tertiary/aromatic N) is 5. The fourth-order valence-electron chi connectivity index (χ4n) is 2.14. The lowest BCUT2D eigenvalue weighted by Crippen LogP contribution is -2.42. The molecule has 0 radical (unpaired) electrons. The van der Waals surface area contributed by atoms with E-state index < -0.39 is 24.7 Å². The summed E-state index contributed by atoms with van der Waals surface area (Å²) in [5.74, 6) is -0.480. The maximum atomic E-state index is 12.2. The van der Waals surface area contributed by atoms with Crippen molar-refractivity contribution < 1.29 is 18.0 Å². The van der Waals surface area contributed by atoms with Crippen LogP contribution in [0, 0.1) is 0 Å². The van der Waals surface area contributed by atoms with Crippen LogP contribution >= 0.6 is 0 Å². The van der Waals surface area contributed by atoms with E-state index in [4.69, 9.17) is 0 Å². The summed E-state index contributed by atoms with van der Waals surface area (Å²) in [6, 6.07) is -0.973. The lowest BCUT2D eigenvalue weighted by Gasteiger charge is -2.15. The molecule has 9 nitrogen and oxygen atoms in total. The second-order valence-corrected chi connectivity index (χ2v) is 5.32. The van der Waals surface area contributed by atoms with Crippen molar-refractivity contribution in [1.29, 1.82) is 0 Å². The highest BCUT2D eigenvalue weighted by atomic mass is 19.4. The number of alkyl halides is 3. The van der Waals surface area contributed by atoms with Crippen molar-refractivity contribution in [2.24, 2.45) is 0 Å². The molecule has 3 rings (SSSR count). The van der Waals surface area contributed by atoms with Crippen LogP contribution in [-0.2, 0) is 4.79 Å². The van der Waals surface area contributed by atoms with Crippen LogP contribution in [0.4, 0.5) is 19.1 Å². The minimum absolute atomic E-state index is 0.0517. The average molecular weight is 366 g/mol. The Labute approximate surface area is 144 Å². The van der Waals surface area contributed by atoms with Gasteiger partial charge in [-0.2, -0.15) is 18.2 Å². The Hall–Kier alpha value is -3.31. The summed E-state index contributed by atoms with van der Waals surface area (Å²) in [5, 5.41) is 5.13. The number of fused-ring (bicyclic) bond motifs is 1. The maximum Gasteiger partial charge on any atom is 0.405 e. The van der Waals surface area contributed by atoms with Crippen LogP contribution in [0.1, 0.15) is 6.92 Å². The van der Waals surface area contributed by atoms with E-state index in [1.165, 1.54) is 19.6 Å². The van der Waals surface area contributed by atoms with Gasteiger partial charge in [-0.15, -0.1) is 0 Å². The largest absolute Gasteiger partial charge is 0.405 e. The van der Waals surface area contributed by atoms with E-state index in [1.54, 1.807) is 17.7 Å². The smallest absolute Gasteiger partial charge is 0.345 e. The van der Waals surface area contributed by atoms with Crippen molar-refractivity contribution >= 4 is 22.9 Å². The summed E-state index contributed by atoms with van der Waals surface area (Å²) >= 11 is 0. The molecule has 3 heterocycles. The molecule has 3 aromatic heterocycles. The summed E-state index contributed by atoms with van der Waals surface area (Å²) in [4.78, 5) is 34.8. The molecule has 0 aliphatic heterocycles. The molecule has 0 bridgehead atoms. The number of aromatic amines is 1. The zero-order valence-corrected chi connectivity index (χ0v) is 13.4. The first-order valence-electron chi connectivity index (χ1n) is 7.41. The molecule has 12 heteroatoms.